The fourth-order valence-corrected chi connectivity index (χ4v) is 0.127. The number of rotatable bonds is 0. The zero-order chi connectivity index (χ0) is 9.44. The molecule has 0 aliphatic rings. The number of urea groups is 1. The van der Waals surface area contributed by atoms with Crippen molar-refractivity contribution in [2.75, 3.05) is 0 Å². The van der Waals surface area contributed by atoms with Crippen LogP contribution >= 0.6 is 0 Å². The van der Waals surface area contributed by atoms with E-state index >= 15 is 0 Å². The monoisotopic (exact) mass is 161 g/mol. The van der Waals surface area contributed by atoms with Crippen LogP contribution in [0.25, 0.3) is 0 Å². The van der Waals surface area contributed by atoms with Gasteiger partial charge in [-0.25, -0.2) is 4.79 Å². The first kappa shape index (κ1) is 11.8. The van der Waals surface area contributed by atoms with Crippen LogP contribution in [0.3, 0.4) is 0 Å². The number of nitrogens with zero attached hydrogens (tertiary/aromatic N) is 1. The molecule has 0 atom stereocenters. The Kier molecular flexibility index (Phi) is 6.56. The zero-order valence-electron chi connectivity index (χ0n) is 5.74. The van der Waals surface area contributed by atoms with Gasteiger partial charge in [0, 0.05) is 0 Å². The van der Waals surface area contributed by atoms with Gasteiger partial charge in [-0.05, 0) is 0 Å². The molecule has 0 aliphatic carbocycles. The maximum atomic E-state index is 9.68. The third-order valence-corrected chi connectivity index (χ3v) is 0.239. The van der Waals surface area contributed by atoms with Crippen LogP contribution in [-0.2, 0) is 0 Å². The Balaban J connectivity index is 0. The minimum atomic E-state index is -0.875. The summed E-state index contributed by atoms with van der Waals surface area (Å²) in [4.78, 5) is 12.6. The summed E-state index contributed by atoms with van der Waals surface area (Å²) in [5.74, 6) is -0.646. The Morgan fingerprint density at radius 3 is 1.36 bits per heavy atom. The number of carbonyl (C=O) groups is 1. The van der Waals surface area contributed by atoms with Crippen LogP contribution in [0.5, 0.6) is 0 Å². The maximum absolute atomic E-state index is 9.68. The number of nitrogens with two attached hydrogens (primary N) is 5. The normalized spacial score (nSPS) is 6.91. The molecule has 11 heavy (non-hydrogen) atoms. The summed E-state index contributed by atoms with van der Waals surface area (Å²) in [6, 6.07) is -0.875. The van der Waals surface area contributed by atoms with Crippen LogP contribution in [0.1, 0.15) is 0 Å². The topological polar surface area (TPSA) is 183 Å². The minimum absolute atomic E-state index is 0.312. The number of primary amides is 1. The van der Waals surface area contributed by atoms with Crippen molar-refractivity contribution in [2.24, 2.45) is 33.7 Å². The highest BCUT2D eigenvalue weighted by atomic mass is 16.2. The predicted octanol–water partition coefficient (Wildman–Crippen LogP) is -2.82. The molecule has 8 nitrogen and oxygen atoms in total. The third-order valence-electron chi connectivity index (χ3n) is 0.239. The van der Waals surface area contributed by atoms with Gasteiger partial charge in [-0.15, -0.1) is 0 Å². The van der Waals surface area contributed by atoms with Gasteiger partial charge in [-0.1, -0.05) is 0 Å². The van der Waals surface area contributed by atoms with Gasteiger partial charge in [0.25, 0.3) is 0 Å². The Bertz CT molecular complexity index is 165. The molecule has 11 N–H and O–H groups in total. The smallest absolute Gasteiger partial charge is 0.341 e. The van der Waals surface area contributed by atoms with Gasteiger partial charge in [-0.2, -0.15) is 4.99 Å². The van der Waals surface area contributed by atoms with Crippen LogP contribution in [0.15, 0.2) is 4.99 Å². The summed E-state index contributed by atoms with van der Waals surface area (Å²) >= 11 is 0. The summed E-state index contributed by atoms with van der Waals surface area (Å²) in [5.41, 5.74) is 22.9. The van der Waals surface area contributed by atoms with Crippen molar-refractivity contribution in [3.8, 4) is 0 Å². The Morgan fingerprint density at radius 2 is 1.36 bits per heavy atom. The molecule has 0 saturated heterocycles. The van der Waals surface area contributed by atoms with Gasteiger partial charge in [0.05, 0.1) is 0 Å². The van der Waals surface area contributed by atoms with Crippen molar-refractivity contribution in [3.05, 3.63) is 0 Å². The van der Waals surface area contributed by atoms with Crippen molar-refractivity contribution in [2.45, 2.75) is 0 Å². The standard InChI is InChI=1S/C2H6N4O.CH5N3/c3-1(4)6-2(5)7;2-1(3)4/h(H6,3,4,5,6,7);(H5,2,3,4). The van der Waals surface area contributed by atoms with Gasteiger partial charge >= 0.3 is 6.03 Å². The minimum Gasteiger partial charge on any atom is -0.370 e. The molecule has 0 heterocycles. The van der Waals surface area contributed by atoms with Crippen molar-refractivity contribution in [3.63, 3.8) is 0 Å². The first-order valence-electron chi connectivity index (χ1n) is 2.34. The highest BCUT2D eigenvalue weighted by molar-refractivity contribution is 5.89. The molecule has 0 aliphatic heterocycles. The van der Waals surface area contributed by atoms with Crippen LogP contribution in [0, 0.1) is 5.41 Å². The van der Waals surface area contributed by atoms with E-state index in [1.54, 1.807) is 0 Å². The van der Waals surface area contributed by atoms with Crippen molar-refractivity contribution in [1.29, 1.82) is 5.41 Å². The molecule has 0 aromatic rings. The fraction of sp³-hybridized carbons (Fsp3) is 0. The molecular weight excluding hydrogens is 150 g/mol. The number of guanidine groups is 2. The average Bonchev–Trinajstić information content (AvgIpc) is 1.56. The number of nitrogens with one attached hydrogen (secondary N) is 1. The average molecular weight is 161 g/mol. The number of hydrogen-bond acceptors (Lipinski definition) is 2. The van der Waals surface area contributed by atoms with Gasteiger partial charge < -0.3 is 28.7 Å². The quantitative estimate of drug-likeness (QED) is 0.165. The maximum Gasteiger partial charge on any atom is 0.341 e. The summed E-state index contributed by atoms with van der Waals surface area (Å²) < 4.78 is 0. The SMILES string of the molecule is N=C(N)N.NC(=O)N=C(N)N. The molecule has 0 aromatic heterocycles. The van der Waals surface area contributed by atoms with E-state index in [9.17, 15) is 4.79 Å². The Labute approximate surface area is 62.9 Å². The van der Waals surface area contributed by atoms with E-state index in [0.717, 1.165) is 0 Å². The largest absolute Gasteiger partial charge is 0.370 e. The molecule has 0 aromatic carbocycles. The first-order chi connectivity index (χ1) is 4.86. The van der Waals surface area contributed by atoms with Gasteiger partial charge in [-0.3, -0.25) is 5.41 Å². The van der Waals surface area contributed by atoms with Crippen LogP contribution < -0.4 is 28.7 Å². The lowest BCUT2D eigenvalue weighted by molar-refractivity contribution is 0.256. The summed E-state index contributed by atoms with van der Waals surface area (Å²) in [7, 11) is 0. The Morgan fingerprint density at radius 1 is 1.09 bits per heavy atom. The van der Waals surface area contributed by atoms with E-state index in [4.69, 9.17) is 16.9 Å². The molecule has 8 heteroatoms. The number of amides is 2. The van der Waals surface area contributed by atoms with Crippen LogP contribution in [0.2, 0.25) is 0 Å². The summed E-state index contributed by atoms with van der Waals surface area (Å²) in [6.45, 7) is 0. The van der Waals surface area contributed by atoms with Crippen LogP contribution in [0.4, 0.5) is 4.79 Å². The first-order valence-corrected chi connectivity index (χ1v) is 2.34. The second-order valence-electron chi connectivity index (χ2n) is 1.33. The second-order valence-corrected chi connectivity index (χ2v) is 1.33. The molecule has 0 rings (SSSR count). The predicted molar refractivity (Wildman–Crippen MR) is 41.5 cm³/mol. The molecule has 64 valence electrons. The molecule has 0 bridgehead atoms. The molecule has 0 unspecified atom stereocenters. The lowest BCUT2D eigenvalue weighted by Gasteiger charge is -1.82. The van der Waals surface area contributed by atoms with Crippen molar-refractivity contribution in [1.82, 2.24) is 0 Å². The van der Waals surface area contributed by atoms with E-state index in [2.05, 4.69) is 22.2 Å². The third kappa shape index (κ3) is 71.6. The fourth-order valence-electron chi connectivity index (χ4n) is 0.127. The van der Waals surface area contributed by atoms with Gasteiger partial charge in [0.1, 0.15) is 0 Å². The summed E-state index contributed by atoms with van der Waals surface area (Å²) in [5, 5.41) is 6.06. The van der Waals surface area contributed by atoms with E-state index in [-0.39, 0.29) is 11.9 Å². The second kappa shape index (κ2) is 6.13. The molecule has 2 amide bonds. The number of hydrogen-bond donors (Lipinski definition) is 6. The highest BCUT2D eigenvalue weighted by Gasteiger charge is 1.83. The lowest BCUT2D eigenvalue weighted by Crippen LogP contribution is -2.25. The molecular formula is C3H11N7O. The zero-order valence-corrected chi connectivity index (χ0v) is 5.74. The number of aliphatic imine (C=N–C) groups is 1. The lowest BCUT2D eigenvalue weighted by atomic mass is 11.0. The van der Waals surface area contributed by atoms with E-state index in [1.807, 2.05) is 0 Å². The van der Waals surface area contributed by atoms with Crippen molar-refractivity contribution >= 4 is 18.0 Å². The molecule has 0 saturated carbocycles. The Hall–Kier alpha value is -1.99. The van der Waals surface area contributed by atoms with Crippen LogP contribution in [-0.4, -0.2) is 18.0 Å². The highest BCUT2D eigenvalue weighted by Crippen LogP contribution is 1.60. The van der Waals surface area contributed by atoms with E-state index in [1.165, 1.54) is 0 Å². The van der Waals surface area contributed by atoms with Gasteiger partial charge in [0.2, 0.25) is 0 Å². The summed E-state index contributed by atoms with van der Waals surface area (Å²) in [6.07, 6.45) is 0. The van der Waals surface area contributed by atoms with Gasteiger partial charge in [0.15, 0.2) is 11.9 Å². The molecule has 0 radical (unpaired) electrons. The number of carbonyl (C=O) groups excluding carboxylic acids is 1. The molecule has 0 spiro atoms. The van der Waals surface area contributed by atoms with E-state index in [0.29, 0.717) is 0 Å². The van der Waals surface area contributed by atoms with Crippen molar-refractivity contribution < 1.29 is 4.79 Å². The molecule has 0 fully saturated rings. The van der Waals surface area contributed by atoms with E-state index < -0.39 is 6.03 Å².